The molecule has 0 radical (unpaired) electrons. The summed E-state index contributed by atoms with van der Waals surface area (Å²) in [6.45, 7) is 4.15. The van der Waals surface area contributed by atoms with Gasteiger partial charge in [0.15, 0.2) is 5.96 Å². The number of nitrogens with one attached hydrogen (secondary N) is 2. The van der Waals surface area contributed by atoms with Crippen molar-refractivity contribution in [2.24, 2.45) is 4.99 Å². The van der Waals surface area contributed by atoms with Crippen LogP contribution in [0.3, 0.4) is 0 Å². The van der Waals surface area contributed by atoms with E-state index in [1.807, 2.05) is 11.5 Å². The van der Waals surface area contributed by atoms with Gasteiger partial charge in [-0.1, -0.05) is 18.2 Å². The summed E-state index contributed by atoms with van der Waals surface area (Å²) in [6.07, 6.45) is 0.440. The standard InChI is InChI=1S/C17H23F3N6O/c1-2-21-16(22-9-5-6-10-26-12-24-25-13-26)23-11-14-7-3-4-8-15(14)27-17(18,19)20/h3-4,7-8,12-13H,2,5-6,9-11H2,1H3,(H2,21,22,23). The quantitative estimate of drug-likeness (QED) is 0.395. The molecule has 10 heteroatoms. The van der Waals surface area contributed by atoms with Gasteiger partial charge in [-0.3, -0.25) is 0 Å². The summed E-state index contributed by atoms with van der Waals surface area (Å²) in [5.41, 5.74) is 0.361. The van der Waals surface area contributed by atoms with Gasteiger partial charge in [0.2, 0.25) is 0 Å². The third kappa shape index (κ3) is 7.97. The van der Waals surface area contributed by atoms with E-state index in [0.29, 0.717) is 24.6 Å². The molecule has 0 saturated heterocycles. The summed E-state index contributed by atoms with van der Waals surface area (Å²) in [4.78, 5) is 4.34. The molecule has 0 saturated carbocycles. The van der Waals surface area contributed by atoms with Gasteiger partial charge in [-0.05, 0) is 25.8 Å². The predicted molar refractivity (Wildman–Crippen MR) is 95.2 cm³/mol. The Hall–Kier alpha value is -2.78. The van der Waals surface area contributed by atoms with Gasteiger partial charge in [0.1, 0.15) is 18.4 Å². The number of alkyl halides is 3. The predicted octanol–water partition coefficient (Wildman–Crippen LogP) is 2.71. The van der Waals surface area contributed by atoms with Crippen LogP contribution < -0.4 is 15.4 Å². The maximum absolute atomic E-state index is 12.5. The van der Waals surface area contributed by atoms with E-state index in [9.17, 15) is 13.2 Å². The van der Waals surface area contributed by atoms with E-state index in [1.54, 1.807) is 24.8 Å². The highest BCUT2D eigenvalue weighted by Gasteiger charge is 2.31. The molecule has 0 atom stereocenters. The maximum atomic E-state index is 12.5. The van der Waals surface area contributed by atoms with Crippen LogP contribution in [0.5, 0.6) is 5.75 Å². The molecular formula is C17H23F3N6O. The topological polar surface area (TPSA) is 76.4 Å². The smallest absolute Gasteiger partial charge is 0.405 e. The van der Waals surface area contributed by atoms with Crippen LogP contribution in [-0.4, -0.2) is 40.2 Å². The van der Waals surface area contributed by atoms with Gasteiger partial charge in [0.05, 0.1) is 6.54 Å². The van der Waals surface area contributed by atoms with Crippen molar-refractivity contribution in [2.75, 3.05) is 13.1 Å². The lowest BCUT2D eigenvalue weighted by Crippen LogP contribution is -2.37. The first-order valence-electron chi connectivity index (χ1n) is 8.66. The van der Waals surface area contributed by atoms with Crippen LogP contribution in [0.25, 0.3) is 0 Å². The second-order valence-corrected chi connectivity index (χ2v) is 5.68. The van der Waals surface area contributed by atoms with Crippen molar-refractivity contribution < 1.29 is 17.9 Å². The summed E-state index contributed by atoms with van der Waals surface area (Å²) in [7, 11) is 0. The molecule has 2 aromatic rings. The number of hydrogen-bond acceptors (Lipinski definition) is 4. The lowest BCUT2D eigenvalue weighted by molar-refractivity contribution is -0.274. The minimum atomic E-state index is -4.73. The Kier molecular flexibility index (Phi) is 7.90. The second-order valence-electron chi connectivity index (χ2n) is 5.68. The second kappa shape index (κ2) is 10.4. The fourth-order valence-corrected chi connectivity index (χ4v) is 2.33. The molecule has 1 aromatic heterocycles. The summed E-state index contributed by atoms with van der Waals surface area (Å²) in [5, 5.41) is 13.7. The van der Waals surface area contributed by atoms with Gasteiger partial charge in [0.25, 0.3) is 0 Å². The van der Waals surface area contributed by atoms with Crippen LogP contribution in [-0.2, 0) is 13.1 Å². The lowest BCUT2D eigenvalue weighted by Gasteiger charge is -2.14. The Morgan fingerprint density at radius 2 is 1.89 bits per heavy atom. The highest BCUT2D eigenvalue weighted by atomic mass is 19.4. The Morgan fingerprint density at radius 3 is 2.59 bits per heavy atom. The first-order valence-corrected chi connectivity index (χ1v) is 8.66. The summed E-state index contributed by atoms with van der Waals surface area (Å²) in [5.74, 6) is 0.308. The summed E-state index contributed by atoms with van der Waals surface area (Å²) in [6, 6.07) is 5.99. The number of nitrogens with zero attached hydrogens (tertiary/aromatic N) is 4. The Morgan fingerprint density at radius 1 is 1.15 bits per heavy atom. The zero-order chi connectivity index (χ0) is 19.5. The van der Waals surface area contributed by atoms with Gasteiger partial charge >= 0.3 is 6.36 Å². The molecule has 0 fully saturated rings. The molecule has 0 spiro atoms. The molecule has 0 aliphatic rings. The number of ether oxygens (including phenoxy) is 1. The number of aryl methyl sites for hydroxylation is 1. The molecule has 0 amide bonds. The number of guanidine groups is 1. The number of hydrogen-bond donors (Lipinski definition) is 2. The van der Waals surface area contributed by atoms with E-state index in [-0.39, 0.29) is 12.3 Å². The Labute approximate surface area is 155 Å². The van der Waals surface area contributed by atoms with Gasteiger partial charge in [-0.25, -0.2) is 4.99 Å². The molecule has 0 aliphatic carbocycles. The monoisotopic (exact) mass is 384 g/mol. The minimum absolute atomic E-state index is 0.0717. The van der Waals surface area contributed by atoms with Crippen molar-refractivity contribution in [3.63, 3.8) is 0 Å². The van der Waals surface area contributed by atoms with Crippen molar-refractivity contribution in [3.05, 3.63) is 42.5 Å². The largest absolute Gasteiger partial charge is 0.573 e. The number of halogens is 3. The van der Waals surface area contributed by atoms with Gasteiger partial charge in [-0.15, -0.1) is 23.4 Å². The number of unbranched alkanes of at least 4 members (excludes halogenated alkanes) is 1. The number of aliphatic imine (C=N–C) groups is 1. The van der Waals surface area contributed by atoms with E-state index in [2.05, 4.69) is 30.6 Å². The Bertz CT molecular complexity index is 703. The molecule has 0 unspecified atom stereocenters. The van der Waals surface area contributed by atoms with E-state index in [0.717, 1.165) is 19.4 Å². The molecule has 0 bridgehead atoms. The van der Waals surface area contributed by atoms with Crippen molar-refractivity contribution in [3.8, 4) is 5.75 Å². The van der Waals surface area contributed by atoms with Crippen molar-refractivity contribution >= 4 is 5.96 Å². The maximum Gasteiger partial charge on any atom is 0.573 e. The van der Waals surface area contributed by atoms with Crippen LogP contribution in [0.2, 0.25) is 0 Å². The molecule has 1 aromatic carbocycles. The van der Waals surface area contributed by atoms with Gasteiger partial charge < -0.3 is 19.9 Å². The van der Waals surface area contributed by atoms with Crippen LogP contribution in [0, 0.1) is 0 Å². The normalized spacial score (nSPS) is 12.1. The average Bonchev–Trinajstić information content (AvgIpc) is 3.12. The van der Waals surface area contributed by atoms with Crippen molar-refractivity contribution in [1.29, 1.82) is 0 Å². The zero-order valence-corrected chi connectivity index (χ0v) is 15.0. The molecule has 7 nitrogen and oxygen atoms in total. The van der Waals surface area contributed by atoms with E-state index in [4.69, 9.17) is 0 Å². The molecule has 27 heavy (non-hydrogen) atoms. The molecule has 1 heterocycles. The number of rotatable bonds is 9. The van der Waals surface area contributed by atoms with E-state index >= 15 is 0 Å². The molecular weight excluding hydrogens is 361 g/mol. The first-order chi connectivity index (χ1) is 13.0. The zero-order valence-electron chi connectivity index (χ0n) is 15.0. The first kappa shape index (κ1) is 20.5. The fraction of sp³-hybridized carbons (Fsp3) is 0.471. The minimum Gasteiger partial charge on any atom is -0.405 e. The van der Waals surface area contributed by atoms with Gasteiger partial charge in [-0.2, -0.15) is 0 Å². The molecule has 148 valence electrons. The third-order valence-electron chi connectivity index (χ3n) is 3.55. The molecule has 2 rings (SSSR count). The SMILES string of the molecule is CCNC(=NCc1ccccc1OC(F)(F)F)NCCCCn1cnnc1. The van der Waals surface area contributed by atoms with Crippen molar-refractivity contribution in [2.45, 2.75) is 39.2 Å². The molecule has 0 aliphatic heterocycles. The highest BCUT2D eigenvalue weighted by Crippen LogP contribution is 2.26. The van der Waals surface area contributed by atoms with Crippen molar-refractivity contribution in [1.82, 2.24) is 25.4 Å². The van der Waals surface area contributed by atoms with Crippen LogP contribution in [0.15, 0.2) is 41.9 Å². The summed E-state index contributed by atoms with van der Waals surface area (Å²) < 4.78 is 43.4. The number of benzene rings is 1. The van der Waals surface area contributed by atoms with Crippen LogP contribution in [0.4, 0.5) is 13.2 Å². The average molecular weight is 384 g/mol. The molecule has 2 N–H and O–H groups in total. The number of para-hydroxylation sites is 1. The van der Waals surface area contributed by atoms with E-state index in [1.165, 1.54) is 12.1 Å². The fourth-order valence-electron chi connectivity index (χ4n) is 2.33. The van der Waals surface area contributed by atoms with E-state index < -0.39 is 6.36 Å². The van der Waals surface area contributed by atoms with Crippen LogP contribution >= 0.6 is 0 Å². The van der Waals surface area contributed by atoms with Gasteiger partial charge in [0, 0.05) is 25.2 Å². The number of aromatic nitrogens is 3. The Balaban J connectivity index is 1.85. The lowest BCUT2D eigenvalue weighted by atomic mass is 10.2. The third-order valence-corrected chi connectivity index (χ3v) is 3.55. The highest BCUT2D eigenvalue weighted by molar-refractivity contribution is 5.79. The summed E-state index contributed by atoms with van der Waals surface area (Å²) >= 11 is 0. The van der Waals surface area contributed by atoms with Crippen LogP contribution in [0.1, 0.15) is 25.3 Å².